The average molecular weight is 225 g/mol. The summed E-state index contributed by atoms with van der Waals surface area (Å²) in [7, 11) is 0. The lowest BCUT2D eigenvalue weighted by Gasteiger charge is -2.14. The number of carboxylic acid groups (broad SMARTS) is 1. The molecule has 0 heterocycles. The fourth-order valence-electron chi connectivity index (χ4n) is 2.28. The number of carbonyl (C=O) groups is 2. The zero-order valence-corrected chi connectivity index (χ0v) is 9.61. The maximum absolute atomic E-state index is 11.8. The van der Waals surface area contributed by atoms with Gasteiger partial charge in [-0.25, -0.2) is 0 Å². The molecule has 0 bridgehead atoms. The average Bonchev–Trinajstić information content (AvgIpc) is 2.61. The zero-order valence-electron chi connectivity index (χ0n) is 9.61. The Labute approximate surface area is 95.7 Å². The van der Waals surface area contributed by atoms with Crippen molar-refractivity contribution in [3.63, 3.8) is 0 Å². The van der Waals surface area contributed by atoms with Crippen molar-refractivity contribution in [1.82, 2.24) is 5.32 Å². The van der Waals surface area contributed by atoms with Gasteiger partial charge in [-0.05, 0) is 25.2 Å². The zero-order chi connectivity index (χ0) is 12.1. The first-order valence-electron chi connectivity index (χ1n) is 5.67. The lowest BCUT2D eigenvalue weighted by Crippen LogP contribution is -2.35. The van der Waals surface area contributed by atoms with Crippen molar-refractivity contribution < 1.29 is 14.7 Å². The number of hydrogen-bond donors (Lipinski definition) is 2. The second kappa shape index (κ2) is 5.68. The van der Waals surface area contributed by atoms with Crippen LogP contribution in [0.3, 0.4) is 0 Å². The van der Waals surface area contributed by atoms with Crippen LogP contribution in [0.2, 0.25) is 0 Å². The Morgan fingerprint density at radius 3 is 2.62 bits per heavy atom. The molecule has 4 nitrogen and oxygen atoms in total. The highest BCUT2D eigenvalue weighted by atomic mass is 16.4. The van der Waals surface area contributed by atoms with Gasteiger partial charge in [0.05, 0.1) is 11.8 Å². The first-order chi connectivity index (χ1) is 7.56. The maximum atomic E-state index is 11.8. The number of hydrogen-bond acceptors (Lipinski definition) is 2. The third-order valence-electron chi connectivity index (χ3n) is 3.10. The van der Waals surface area contributed by atoms with Crippen LogP contribution in [-0.2, 0) is 9.59 Å². The monoisotopic (exact) mass is 225 g/mol. The minimum atomic E-state index is -0.853. The molecule has 1 aliphatic rings. The Morgan fingerprint density at radius 2 is 2.06 bits per heavy atom. The van der Waals surface area contributed by atoms with Gasteiger partial charge in [0.2, 0.25) is 5.91 Å². The van der Waals surface area contributed by atoms with Gasteiger partial charge in [-0.1, -0.05) is 13.0 Å². The van der Waals surface area contributed by atoms with Crippen molar-refractivity contribution >= 4 is 11.9 Å². The number of amides is 1. The molecule has 16 heavy (non-hydrogen) atoms. The first kappa shape index (κ1) is 12.7. The van der Waals surface area contributed by atoms with E-state index in [1.807, 2.05) is 6.92 Å². The highest BCUT2D eigenvalue weighted by molar-refractivity contribution is 5.85. The minimum absolute atomic E-state index is 0.126. The van der Waals surface area contributed by atoms with Gasteiger partial charge in [0.1, 0.15) is 0 Å². The van der Waals surface area contributed by atoms with E-state index in [1.54, 1.807) is 6.08 Å². The topological polar surface area (TPSA) is 66.4 Å². The highest BCUT2D eigenvalue weighted by Crippen LogP contribution is 2.36. The Kier molecular flexibility index (Phi) is 4.52. The second-order valence-electron chi connectivity index (χ2n) is 4.50. The summed E-state index contributed by atoms with van der Waals surface area (Å²) in [6, 6.07) is 0. The van der Waals surface area contributed by atoms with Crippen molar-refractivity contribution in [1.29, 1.82) is 0 Å². The van der Waals surface area contributed by atoms with Gasteiger partial charge < -0.3 is 10.4 Å². The number of carbonyl (C=O) groups excluding carboxylic acids is 1. The van der Waals surface area contributed by atoms with Gasteiger partial charge in [-0.15, -0.1) is 6.58 Å². The van der Waals surface area contributed by atoms with Crippen molar-refractivity contribution in [2.45, 2.75) is 26.2 Å². The summed E-state index contributed by atoms with van der Waals surface area (Å²) < 4.78 is 0. The molecule has 2 N–H and O–H groups in total. The Morgan fingerprint density at radius 1 is 1.44 bits per heavy atom. The molecule has 0 radical (unpaired) electrons. The van der Waals surface area contributed by atoms with Gasteiger partial charge in [-0.3, -0.25) is 9.59 Å². The standard InChI is InChI=1S/C12H19NO3/c1-3-4-5-13-11(14)9-6-8(2)7-10(9)12(15)16/h3,8-10H,1,4-7H2,2H3,(H,13,14)(H,15,16)/t8?,9-,10+/m0/s1. The van der Waals surface area contributed by atoms with Gasteiger partial charge in [-0.2, -0.15) is 0 Å². The number of aliphatic carboxylic acids is 1. The van der Waals surface area contributed by atoms with E-state index in [0.29, 0.717) is 31.7 Å². The van der Waals surface area contributed by atoms with E-state index in [2.05, 4.69) is 11.9 Å². The maximum Gasteiger partial charge on any atom is 0.307 e. The van der Waals surface area contributed by atoms with Crippen molar-refractivity contribution in [2.24, 2.45) is 17.8 Å². The molecule has 4 heteroatoms. The molecular weight excluding hydrogens is 206 g/mol. The van der Waals surface area contributed by atoms with E-state index in [9.17, 15) is 9.59 Å². The molecule has 3 atom stereocenters. The second-order valence-corrected chi connectivity index (χ2v) is 4.50. The van der Waals surface area contributed by atoms with Gasteiger partial charge in [0, 0.05) is 6.54 Å². The summed E-state index contributed by atoms with van der Waals surface area (Å²) in [6.07, 6.45) is 3.73. The molecule has 0 spiro atoms. The Hall–Kier alpha value is -1.32. The fourth-order valence-corrected chi connectivity index (χ4v) is 2.28. The van der Waals surface area contributed by atoms with Crippen molar-refractivity contribution in [2.75, 3.05) is 6.54 Å². The molecule has 1 fully saturated rings. The first-order valence-corrected chi connectivity index (χ1v) is 5.67. The van der Waals surface area contributed by atoms with Crippen LogP contribution in [0.1, 0.15) is 26.2 Å². The Bertz CT molecular complexity index is 288. The molecule has 1 aliphatic carbocycles. The van der Waals surface area contributed by atoms with Crippen LogP contribution in [0.4, 0.5) is 0 Å². The van der Waals surface area contributed by atoms with E-state index < -0.39 is 11.9 Å². The summed E-state index contributed by atoms with van der Waals surface area (Å²) in [5, 5.41) is 11.8. The lowest BCUT2D eigenvalue weighted by atomic mass is 9.95. The molecule has 0 aromatic carbocycles. The molecule has 90 valence electrons. The molecule has 0 aliphatic heterocycles. The van der Waals surface area contributed by atoms with E-state index in [-0.39, 0.29) is 11.8 Å². The molecular formula is C12H19NO3. The molecule has 1 amide bonds. The van der Waals surface area contributed by atoms with E-state index >= 15 is 0 Å². The van der Waals surface area contributed by atoms with Crippen LogP contribution < -0.4 is 5.32 Å². The van der Waals surface area contributed by atoms with E-state index in [1.165, 1.54) is 0 Å². The molecule has 1 saturated carbocycles. The largest absolute Gasteiger partial charge is 0.481 e. The molecule has 1 rings (SSSR count). The van der Waals surface area contributed by atoms with Crippen LogP contribution in [-0.4, -0.2) is 23.5 Å². The normalized spacial score (nSPS) is 28.7. The number of rotatable bonds is 5. The van der Waals surface area contributed by atoms with Crippen LogP contribution in [0.15, 0.2) is 12.7 Å². The fraction of sp³-hybridized carbons (Fsp3) is 0.667. The molecule has 0 aromatic heterocycles. The van der Waals surface area contributed by atoms with Gasteiger partial charge >= 0.3 is 5.97 Å². The van der Waals surface area contributed by atoms with Crippen molar-refractivity contribution in [3.05, 3.63) is 12.7 Å². The summed E-state index contributed by atoms with van der Waals surface area (Å²) in [5.74, 6) is -1.54. The van der Waals surface area contributed by atoms with Crippen LogP contribution in [0.25, 0.3) is 0 Å². The van der Waals surface area contributed by atoms with Gasteiger partial charge in [0.25, 0.3) is 0 Å². The number of nitrogens with one attached hydrogen (secondary N) is 1. The predicted octanol–water partition coefficient (Wildman–Crippen LogP) is 1.43. The third kappa shape index (κ3) is 3.08. The minimum Gasteiger partial charge on any atom is -0.481 e. The molecule has 0 aromatic rings. The van der Waals surface area contributed by atoms with Crippen LogP contribution >= 0.6 is 0 Å². The third-order valence-corrected chi connectivity index (χ3v) is 3.10. The summed E-state index contributed by atoms with van der Waals surface area (Å²) >= 11 is 0. The quantitative estimate of drug-likeness (QED) is 0.549. The smallest absolute Gasteiger partial charge is 0.307 e. The van der Waals surface area contributed by atoms with Crippen LogP contribution in [0, 0.1) is 17.8 Å². The summed E-state index contributed by atoms with van der Waals surface area (Å²) in [5.41, 5.74) is 0. The summed E-state index contributed by atoms with van der Waals surface area (Å²) in [6.45, 7) is 6.10. The molecule has 0 saturated heterocycles. The predicted molar refractivity (Wildman–Crippen MR) is 60.8 cm³/mol. The van der Waals surface area contributed by atoms with Crippen molar-refractivity contribution in [3.8, 4) is 0 Å². The lowest BCUT2D eigenvalue weighted by molar-refractivity contribution is -0.146. The Balaban J connectivity index is 2.53. The van der Waals surface area contributed by atoms with Crippen LogP contribution in [0.5, 0.6) is 0 Å². The van der Waals surface area contributed by atoms with E-state index in [4.69, 9.17) is 5.11 Å². The highest BCUT2D eigenvalue weighted by Gasteiger charge is 2.40. The number of carboxylic acids is 1. The molecule has 1 unspecified atom stereocenters. The van der Waals surface area contributed by atoms with E-state index in [0.717, 1.165) is 0 Å². The summed E-state index contributed by atoms with van der Waals surface area (Å²) in [4.78, 5) is 22.8. The van der Waals surface area contributed by atoms with Gasteiger partial charge in [0.15, 0.2) is 0 Å². The SMILES string of the molecule is C=CCCNC(=O)[C@H]1CC(C)C[C@H]1C(=O)O.